The van der Waals surface area contributed by atoms with E-state index >= 15 is 0 Å². The van der Waals surface area contributed by atoms with Gasteiger partial charge in [-0.2, -0.15) is 0 Å². The minimum atomic E-state index is -4.38. The zero-order valence-electron chi connectivity index (χ0n) is 24.5. The second-order valence-corrected chi connectivity index (χ2v) is 11.6. The first-order chi connectivity index (χ1) is 18.8. The molecule has 0 aromatic heterocycles. The van der Waals surface area contributed by atoms with E-state index in [0.717, 1.165) is 51.4 Å². The third-order valence-corrected chi connectivity index (χ3v) is 7.31. The average molecular weight is 577 g/mol. The second kappa shape index (κ2) is 25.9. The van der Waals surface area contributed by atoms with Crippen LogP contribution in [0.15, 0.2) is 24.3 Å². The van der Waals surface area contributed by atoms with Gasteiger partial charge in [-0.25, -0.2) is 4.57 Å². The summed E-state index contributed by atoms with van der Waals surface area (Å²) in [5.41, 5.74) is 5.30. The predicted octanol–water partition coefficient (Wildman–Crippen LogP) is 5.68. The maximum atomic E-state index is 12.6. The SMILES string of the molecule is CCCC/C=C\CCCCCC(O)CC(=O)NC(COP(=O)(O)OCCN)C(O)/C=C/CCCCCCCC. The van der Waals surface area contributed by atoms with Crippen LogP contribution in [0.3, 0.4) is 0 Å². The Kier molecular flexibility index (Phi) is 25.2. The minimum Gasteiger partial charge on any atom is -0.393 e. The van der Waals surface area contributed by atoms with E-state index < -0.39 is 38.6 Å². The molecule has 0 heterocycles. The van der Waals surface area contributed by atoms with Crippen molar-refractivity contribution >= 4 is 13.7 Å². The summed E-state index contributed by atoms with van der Waals surface area (Å²) < 4.78 is 21.8. The maximum Gasteiger partial charge on any atom is 0.472 e. The average Bonchev–Trinajstić information content (AvgIpc) is 2.90. The first kappa shape index (κ1) is 37.9. The fourth-order valence-corrected chi connectivity index (χ4v) is 4.74. The van der Waals surface area contributed by atoms with Crippen molar-refractivity contribution in [1.29, 1.82) is 0 Å². The van der Waals surface area contributed by atoms with E-state index in [0.29, 0.717) is 6.42 Å². The van der Waals surface area contributed by atoms with Crippen LogP contribution in [0.1, 0.15) is 117 Å². The Morgan fingerprint density at radius 1 is 0.872 bits per heavy atom. The van der Waals surface area contributed by atoms with Crippen LogP contribution in [0, 0.1) is 0 Å². The van der Waals surface area contributed by atoms with Gasteiger partial charge in [0, 0.05) is 6.54 Å². The molecule has 0 radical (unpaired) electrons. The van der Waals surface area contributed by atoms with Gasteiger partial charge >= 0.3 is 7.82 Å². The van der Waals surface area contributed by atoms with Crippen molar-refractivity contribution in [3.8, 4) is 0 Å². The standard InChI is InChI=1S/C29H57N2O7P/c1-3-5-7-9-11-13-14-16-18-20-26(32)24-29(34)31-27(25-38-39(35,36)37-23-22-30)28(33)21-19-17-15-12-10-8-6-4-2/h9,11,19,21,26-28,32-33H,3-8,10,12-18,20,22-25,30H2,1-2H3,(H,31,34)(H,35,36)/b11-9-,21-19+. The molecule has 9 nitrogen and oxygen atoms in total. The van der Waals surface area contributed by atoms with Crippen molar-refractivity contribution in [2.24, 2.45) is 5.73 Å². The molecule has 0 bridgehead atoms. The minimum absolute atomic E-state index is 0.0471. The Balaban J connectivity index is 4.64. The molecular weight excluding hydrogens is 519 g/mol. The van der Waals surface area contributed by atoms with E-state index in [1.165, 1.54) is 38.5 Å². The highest BCUT2D eigenvalue weighted by Gasteiger charge is 2.27. The molecule has 1 amide bonds. The van der Waals surface area contributed by atoms with Gasteiger partial charge in [-0.15, -0.1) is 0 Å². The fourth-order valence-electron chi connectivity index (χ4n) is 3.98. The largest absolute Gasteiger partial charge is 0.472 e. The summed E-state index contributed by atoms with van der Waals surface area (Å²) in [6.07, 6.45) is 21.5. The summed E-state index contributed by atoms with van der Waals surface area (Å²) in [6, 6.07) is -0.980. The topological polar surface area (TPSA) is 151 Å². The second-order valence-electron chi connectivity index (χ2n) is 10.1. The van der Waals surface area contributed by atoms with Gasteiger partial charge in [-0.05, 0) is 38.5 Å². The molecule has 6 N–H and O–H groups in total. The van der Waals surface area contributed by atoms with Gasteiger partial charge < -0.3 is 26.2 Å². The molecule has 4 unspecified atom stereocenters. The number of nitrogens with one attached hydrogen (secondary N) is 1. The fraction of sp³-hybridized carbons (Fsp3) is 0.828. The zero-order chi connectivity index (χ0) is 29.2. The molecule has 0 rings (SSSR count). The number of hydrogen-bond donors (Lipinski definition) is 5. The Bertz CT molecular complexity index is 691. The molecule has 0 saturated heterocycles. The van der Waals surface area contributed by atoms with Crippen molar-refractivity contribution in [2.45, 2.75) is 135 Å². The van der Waals surface area contributed by atoms with Crippen molar-refractivity contribution in [3.63, 3.8) is 0 Å². The number of amides is 1. The molecule has 39 heavy (non-hydrogen) atoms. The summed E-state index contributed by atoms with van der Waals surface area (Å²) in [7, 11) is -4.38. The van der Waals surface area contributed by atoms with Crippen molar-refractivity contribution in [3.05, 3.63) is 24.3 Å². The maximum absolute atomic E-state index is 12.6. The van der Waals surface area contributed by atoms with Crippen molar-refractivity contribution < 1.29 is 33.5 Å². The van der Waals surface area contributed by atoms with Crippen LogP contribution in [0.5, 0.6) is 0 Å². The quantitative estimate of drug-likeness (QED) is 0.0476. The lowest BCUT2D eigenvalue weighted by Gasteiger charge is -2.24. The van der Waals surface area contributed by atoms with Crippen molar-refractivity contribution in [1.82, 2.24) is 5.32 Å². The lowest BCUT2D eigenvalue weighted by Crippen LogP contribution is -2.46. The Morgan fingerprint density at radius 2 is 1.46 bits per heavy atom. The van der Waals surface area contributed by atoms with Crippen LogP contribution in [0.2, 0.25) is 0 Å². The molecule has 0 aromatic rings. The molecule has 0 aliphatic carbocycles. The number of aliphatic hydroxyl groups is 2. The van der Waals surface area contributed by atoms with Crippen LogP contribution in [-0.4, -0.2) is 59.0 Å². The molecule has 10 heteroatoms. The van der Waals surface area contributed by atoms with Gasteiger partial charge in [0.05, 0.1) is 37.9 Å². The number of phosphoric ester groups is 1. The zero-order valence-corrected chi connectivity index (χ0v) is 25.4. The first-order valence-electron chi connectivity index (χ1n) is 15.0. The third kappa shape index (κ3) is 24.5. The number of rotatable bonds is 27. The molecule has 4 atom stereocenters. The Labute approximate surface area is 237 Å². The number of nitrogens with two attached hydrogens (primary N) is 1. The highest BCUT2D eigenvalue weighted by molar-refractivity contribution is 7.47. The van der Waals surface area contributed by atoms with Gasteiger partial charge in [0.25, 0.3) is 0 Å². The molecular formula is C29H57N2O7P. The number of unbranched alkanes of at least 4 members (excludes halogenated alkanes) is 11. The van der Waals surface area contributed by atoms with Crippen LogP contribution >= 0.6 is 7.82 Å². The number of phosphoric acid groups is 1. The predicted molar refractivity (Wildman–Crippen MR) is 158 cm³/mol. The van der Waals surface area contributed by atoms with E-state index in [2.05, 4.69) is 31.3 Å². The van der Waals surface area contributed by atoms with Crippen LogP contribution in [-0.2, 0) is 18.4 Å². The highest BCUT2D eigenvalue weighted by Crippen LogP contribution is 2.43. The molecule has 230 valence electrons. The molecule has 0 saturated carbocycles. The number of carbonyl (C=O) groups excluding carboxylic acids is 1. The summed E-state index contributed by atoms with van der Waals surface area (Å²) in [6.45, 7) is 3.81. The van der Waals surface area contributed by atoms with Gasteiger partial charge in [0.2, 0.25) is 5.91 Å². The summed E-state index contributed by atoms with van der Waals surface area (Å²) in [5, 5.41) is 23.6. The van der Waals surface area contributed by atoms with Gasteiger partial charge in [-0.3, -0.25) is 13.8 Å². The van der Waals surface area contributed by atoms with Gasteiger partial charge in [0.1, 0.15) is 0 Å². The Hall–Kier alpha value is -1.06. The van der Waals surface area contributed by atoms with Crippen molar-refractivity contribution in [2.75, 3.05) is 19.8 Å². The normalized spacial score (nSPS) is 15.9. The first-order valence-corrected chi connectivity index (χ1v) is 16.5. The van der Waals surface area contributed by atoms with E-state index in [1.807, 2.05) is 6.08 Å². The molecule has 0 aliphatic heterocycles. The lowest BCUT2D eigenvalue weighted by atomic mass is 10.1. The van der Waals surface area contributed by atoms with Crippen LogP contribution < -0.4 is 11.1 Å². The third-order valence-electron chi connectivity index (χ3n) is 6.33. The molecule has 0 aliphatic rings. The monoisotopic (exact) mass is 576 g/mol. The number of carbonyl (C=O) groups is 1. The van der Waals surface area contributed by atoms with Crippen LogP contribution in [0.25, 0.3) is 0 Å². The Morgan fingerprint density at radius 3 is 2.13 bits per heavy atom. The highest BCUT2D eigenvalue weighted by atomic mass is 31.2. The van der Waals surface area contributed by atoms with E-state index in [4.69, 9.17) is 14.8 Å². The van der Waals surface area contributed by atoms with E-state index in [9.17, 15) is 24.5 Å². The molecule has 0 spiro atoms. The summed E-state index contributed by atoms with van der Waals surface area (Å²) >= 11 is 0. The number of hydrogen-bond acceptors (Lipinski definition) is 7. The van der Waals surface area contributed by atoms with Crippen LogP contribution in [0.4, 0.5) is 0 Å². The molecule has 0 aromatic carbocycles. The lowest BCUT2D eigenvalue weighted by molar-refractivity contribution is -0.124. The smallest absolute Gasteiger partial charge is 0.393 e. The summed E-state index contributed by atoms with van der Waals surface area (Å²) in [4.78, 5) is 22.4. The number of aliphatic hydroxyl groups excluding tert-OH is 2. The van der Waals surface area contributed by atoms with E-state index in [-0.39, 0.29) is 19.6 Å². The number of allylic oxidation sites excluding steroid dienone is 3. The van der Waals surface area contributed by atoms with Gasteiger partial charge in [0.15, 0.2) is 0 Å². The summed E-state index contributed by atoms with van der Waals surface area (Å²) in [5.74, 6) is -0.464. The van der Waals surface area contributed by atoms with Gasteiger partial charge in [-0.1, -0.05) is 95.9 Å². The molecule has 0 fully saturated rings. The van der Waals surface area contributed by atoms with E-state index in [1.54, 1.807) is 6.08 Å².